The largest absolute Gasteiger partial charge is 0.272 e. The second-order valence-electron chi connectivity index (χ2n) is 4.10. The van der Waals surface area contributed by atoms with E-state index in [1.54, 1.807) is 24.3 Å². The van der Waals surface area contributed by atoms with Gasteiger partial charge in [0.25, 0.3) is 5.56 Å². The van der Waals surface area contributed by atoms with E-state index in [0.717, 1.165) is 5.56 Å². The molecule has 0 saturated carbocycles. The van der Waals surface area contributed by atoms with Crippen LogP contribution >= 0.6 is 11.6 Å². The summed E-state index contributed by atoms with van der Waals surface area (Å²) in [4.78, 5) is 11.7. The molecular weight excluding hydrogens is 267 g/mol. The molecule has 94 valence electrons. The van der Waals surface area contributed by atoms with Crippen molar-refractivity contribution in [3.05, 3.63) is 63.7 Å². The van der Waals surface area contributed by atoms with Gasteiger partial charge in [-0.15, -0.1) is 0 Å². The first kappa shape index (κ1) is 11.9. The smallest absolute Gasteiger partial charge is 0.267 e. The third-order valence-corrected chi connectivity index (χ3v) is 3.12. The van der Waals surface area contributed by atoms with Crippen LogP contribution in [-0.2, 0) is 0 Å². The topological polar surface area (TPSA) is 45.8 Å². The number of fused-ring (bicyclic) bond motifs is 1. The molecular formula is C14H8ClFN2O. The zero-order valence-electron chi connectivity index (χ0n) is 9.65. The van der Waals surface area contributed by atoms with Gasteiger partial charge in [0, 0.05) is 16.0 Å². The molecule has 3 nitrogen and oxygen atoms in total. The van der Waals surface area contributed by atoms with Crippen molar-refractivity contribution in [3.8, 4) is 11.3 Å². The van der Waals surface area contributed by atoms with Gasteiger partial charge >= 0.3 is 0 Å². The van der Waals surface area contributed by atoms with E-state index >= 15 is 0 Å². The Kier molecular flexibility index (Phi) is 2.80. The van der Waals surface area contributed by atoms with Crippen molar-refractivity contribution < 1.29 is 4.39 Å². The fraction of sp³-hybridized carbons (Fsp3) is 0. The summed E-state index contributed by atoms with van der Waals surface area (Å²) >= 11 is 5.83. The molecule has 5 heteroatoms. The maximum Gasteiger partial charge on any atom is 0.272 e. The number of H-pyrrole nitrogens is 1. The SMILES string of the molecule is O=c1[nH]nc(-c2ccc(Cl)cc2)c2cc(F)ccc12. The van der Waals surface area contributed by atoms with E-state index in [1.165, 1.54) is 18.2 Å². The van der Waals surface area contributed by atoms with Crippen LogP contribution in [0.25, 0.3) is 22.0 Å². The highest BCUT2D eigenvalue weighted by Gasteiger charge is 2.09. The van der Waals surface area contributed by atoms with Gasteiger partial charge in [-0.1, -0.05) is 23.7 Å². The van der Waals surface area contributed by atoms with E-state index in [1.807, 2.05) is 0 Å². The van der Waals surface area contributed by atoms with Crippen LogP contribution in [0.1, 0.15) is 0 Å². The molecule has 3 rings (SSSR count). The number of nitrogens with one attached hydrogen (secondary N) is 1. The van der Waals surface area contributed by atoms with Crippen molar-refractivity contribution in [2.75, 3.05) is 0 Å². The zero-order chi connectivity index (χ0) is 13.4. The lowest BCUT2D eigenvalue weighted by molar-refractivity contribution is 0.629. The average Bonchev–Trinajstić information content (AvgIpc) is 2.40. The number of aromatic amines is 1. The predicted molar refractivity (Wildman–Crippen MR) is 72.8 cm³/mol. The summed E-state index contributed by atoms with van der Waals surface area (Å²) < 4.78 is 13.4. The van der Waals surface area contributed by atoms with Crippen LogP contribution in [0.5, 0.6) is 0 Å². The lowest BCUT2D eigenvalue weighted by Crippen LogP contribution is -2.09. The molecule has 0 bridgehead atoms. The highest BCUT2D eigenvalue weighted by Crippen LogP contribution is 2.25. The molecule has 0 aliphatic rings. The second-order valence-corrected chi connectivity index (χ2v) is 4.53. The van der Waals surface area contributed by atoms with Crippen LogP contribution in [0, 0.1) is 5.82 Å². The summed E-state index contributed by atoms with van der Waals surface area (Å²) in [7, 11) is 0. The number of hydrogen-bond donors (Lipinski definition) is 1. The Bertz CT molecular complexity index is 812. The molecule has 0 saturated heterocycles. The Morgan fingerprint density at radius 3 is 2.53 bits per heavy atom. The van der Waals surface area contributed by atoms with Gasteiger partial charge in [0.05, 0.1) is 11.1 Å². The molecule has 0 aliphatic heterocycles. The molecule has 1 N–H and O–H groups in total. The number of benzene rings is 2. The Labute approximate surface area is 112 Å². The normalized spacial score (nSPS) is 10.8. The third kappa shape index (κ3) is 2.11. The Morgan fingerprint density at radius 2 is 1.79 bits per heavy atom. The standard InChI is InChI=1S/C14H8ClFN2O/c15-9-3-1-8(2-4-9)13-12-7-10(16)5-6-11(12)14(19)18-17-13/h1-7H,(H,18,19). The molecule has 0 aliphatic carbocycles. The second kappa shape index (κ2) is 4.48. The molecule has 1 aromatic heterocycles. The van der Waals surface area contributed by atoms with Gasteiger partial charge < -0.3 is 0 Å². The first-order valence-corrected chi connectivity index (χ1v) is 5.97. The van der Waals surface area contributed by atoms with Crippen LogP contribution in [-0.4, -0.2) is 10.2 Å². The molecule has 0 spiro atoms. The predicted octanol–water partition coefficient (Wildman–Crippen LogP) is 3.38. The maximum absolute atomic E-state index is 13.4. The Morgan fingerprint density at radius 1 is 1.05 bits per heavy atom. The summed E-state index contributed by atoms with van der Waals surface area (Å²) in [5, 5.41) is 7.90. The minimum atomic E-state index is -0.407. The van der Waals surface area contributed by atoms with Crippen molar-refractivity contribution in [1.82, 2.24) is 10.2 Å². The number of rotatable bonds is 1. The van der Waals surface area contributed by atoms with Crippen LogP contribution < -0.4 is 5.56 Å². The van der Waals surface area contributed by atoms with E-state index in [9.17, 15) is 9.18 Å². The average molecular weight is 275 g/mol. The van der Waals surface area contributed by atoms with Gasteiger partial charge in [-0.05, 0) is 30.3 Å². The van der Waals surface area contributed by atoms with Crippen LogP contribution in [0.3, 0.4) is 0 Å². The van der Waals surface area contributed by atoms with Gasteiger partial charge in [-0.25, -0.2) is 9.49 Å². The molecule has 0 fully saturated rings. The molecule has 19 heavy (non-hydrogen) atoms. The molecule has 3 aromatic rings. The zero-order valence-corrected chi connectivity index (χ0v) is 10.4. The summed E-state index contributed by atoms with van der Waals surface area (Å²) in [5.74, 6) is -0.407. The molecule has 0 atom stereocenters. The fourth-order valence-electron chi connectivity index (χ4n) is 1.97. The summed E-state index contributed by atoms with van der Waals surface area (Å²) in [5.41, 5.74) is 0.940. The van der Waals surface area contributed by atoms with Gasteiger partial charge in [0.1, 0.15) is 5.82 Å². The van der Waals surface area contributed by atoms with Gasteiger partial charge in [-0.3, -0.25) is 4.79 Å². The van der Waals surface area contributed by atoms with Gasteiger partial charge in [-0.2, -0.15) is 5.10 Å². The number of halogens is 2. The molecule has 0 amide bonds. The first-order chi connectivity index (χ1) is 9.15. The van der Waals surface area contributed by atoms with E-state index < -0.39 is 5.82 Å². The van der Waals surface area contributed by atoms with Crippen LogP contribution in [0.2, 0.25) is 5.02 Å². The van der Waals surface area contributed by atoms with E-state index in [0.29, 0.717) is 21.5 Å². The quantitative estimate of drug-likeness (QED) is 0.739. The third-order valence-electron chi connectivity index (χ3n) is 2.87. The first-order valence-electron chi connectivity index (χ1n) is 5.59. The van der Waals surface area contributed by atoms with Crippen molar-refractivity contribution in [1.29, 1.82) is 0 Å². The maximum atomic E-state index is 13.4. The van der Waals surface area contributed by atoms with Crippen molar-refractivity contribution >= 4 is 22.4 Å². The summed E-state index contributed by atoms with van der Waals surface area (Å²) in [6, 6.07) is 11.0. The Hall–Kier alpha value is -2.20. The minimum absolute atomic E-state index is 0.340. The van der Waals surface area contributed by atoms with Gasteiger partial charge in [0.15, 0.2) is 0 Å². The lowest BCUT2D eigenvalue weighted by Gasteiger charge is -2.05. The monoisotopic (exact) mass is 274 g/mol. The van der Waals surface area contributed by atoms with Crippen LogP contribution in [0.15, 0.2) is 47.3 Å². The highest BCUT2D eigenvalue weighted by molar-refractivity contribution is 6.30. The van der Waals surface area contributed by atoms with E-state index in [-0.39, 0.29) is 5.56 Å². The van der Waals surface area contributed by atoms with Crippen molar-refractivity contribution in [2.45, 2.75) is 0 Å². The molecule has 2 aromatic carbocycles. The van der Waals surface area contributed by atoms with E-state index in [4.69, 9.17) is 11.6 Å². The van der Waals surface area contributed by atoms with Crippen molar-refractivity contribution in [2.24, 2.45) is 0 Å². The lowest BCUT2D eigenvalue weighted by atomic mass is 10.1. The fourth-order valence-corrected chi connectivity index (χ4v) is 2.09. The van der Waals surface area contributed by atoms with E-state index in [2.05, 4.69) is 10.2 Å². The minimum Gasteiger partial charge on any atom is -0.267 e. The van der Waals surface area contributed by atoms with Gasteiger partial charge in [0.2, 0.25) is 0 Å². The van der Waals surface area contributed by atoms with Crippen LogP contribution in [0.4, 0.5) is 4.39 Å². The molecule has 0 radical (unpaired) electrons. The molecule has 0 unspecified atom stereocenters. The number of aromatic nitrogens is 2. The molecule has 1 heterocycles. The number of nitrogens with zero attached hydrogens (tertiary/aromatic N) is 1. The summed E-state index contributed by atoms with van der Waals surface area (Å²) in [6.45, 7) is 0. The number of hydrogen-bond acceptors (Lipinski definition) is 2. The summed E-state index contributed by atoms with van der Waals surface area (Å²) in [6.07, 6.45) is 0. The Balaban J connectivity index is 2.35. The van der Waals surface area contributed by atoms with Crippen molar-refractivity contribution in [3.63, 3.8) is 0 Å². The highest BCUT2D eigenvalue weighted by atomic mass is 35.5.